The SMILES string of the molecule is NCc1ccc2c(Br)c(OCc3nnn[nH]3)ccc2c1. The van der Waals surface area contributed by atoms with Crippen LogP contribution in [0.1, 0.15) is 11.4 Å². The summed E-state index contributed by atoms with van der Waals surface area (Å²) in [6.07, 6.45) is 0. The van der Waals surface area contributed by atoms with Crippen molar-refractivity contribution in [1.29, 1.82) is 0 Å². The summed E-state index contributed by atoms with van der Waals surface area (Å²) in [4.78, 5) is 0. The Balaban J connectivity index is 1.90. The van der Waals surface area contributed by atoms with Gasteiger partial charge in [0.2, 0.25) is 0 Å². The molecule has 0 unspecified atom stereocenters. The first-order valence-electron chi connectivity index (χ1n) is 6.04. The van der Waals surface area contributed by atoms with Crippen LogP contribution < -0.4 is 10.5 Å². The highest BCUT2D eigenvalue weighted by Crippen LogP contribution is 2.33. The van der Waals surface area contributed by atoms with Crippen LogP contribution in [0.5, 0.6) is 5.75 Å². The summed E-state index contributed by atoms with van der Waals surface area (Å²) in [6, 6.07) is 10.0. The molecular weight excluding hydrogens is 322 g/mol. The average Bonchev–Trinajstić information content (AvgIpc) is 2.99. The van der Waals surface area contributed by atoms with Crippen LogP contribution in [-0.4, -0.2) is 20.6 Å². The molecule has 0 spiro atoms. The maximum absolute atomic E-state index is 5.70. The Morgan fingerprint density at radius 3 is 2.90 bits per heavy atom. The lowest BCUT2D eigenvalue weighted by molar-refractivity contribution is 0.294. The van der Waals surface area contributed by atoms with Gasteiger partial charge < -0.3 is 10.5 Å². The number of nitrogens with zero attached hydrogens (tertiary/aromatic N) is 3. The van der Waals surface area contributed by atoms with Crippen LogP contribution in [-0.2, 0) is 13.2 Å². The molecule has 0 amide bonds. The third kappa shape index (κ3) is 2.50. The monoisotopic (exact) mass is 333 g/mol. The van der Waals surface area contributed by atoms with E-state index in [1.807, 2.05) is 24.3 Å². The van der Waals surface area contributed by atoms with Gasteiger partial charge in [0.25, 0.3) is 0 Å². The molecule has 0 aliphatic carbocycles. The molecule has 3 N–H and O–H groups in total. The average molecular weight is 334 g/mol. The molecule has 1 heterocycles. The topological polar surface area (TPSA) is 89.7 Å². The zero-order valence-electron chi connectivity index (χ0n) is 10.5. The molecular formula is C13H12BrN5O. The van der Waals surface area contributed by atoms with Gasteiger partial charge in [-0.15, -0.1) is 5.10 Å². The number of nitrogens with one attached hydrogen (secondary N) is 1. The zero-order valence-corrected chi connectivity index (χ0v) is 12.1. The Hall–Kier alpha value is -1.99. The van der Waals surface area contributed by atoms with Crippen molar-refractivity contribution >= 4 is 26.7 Å². The van der Waals surface area contributed by atoms with E-state index >= 15 is 0 Å². The highest BCUT2D eigenvalue weighted by Gasteiger charge is 2.08. The second kappa shape index (κ2) is 5.56. The number of rotatable bonds is 4. The van der Waals surface area contributed by atoms with Crippen molar-refractivity contribution in [3.05, 3.63) is 46.2 Å². The molecule has 0 aliphatic rings. The number of H-pyrrole nitrogens is 1. The molecule has 0 radical (unpaired) electrons. The summed E-state index contributed by atoms with van der Waals surface area (Å²) in [5, 5.41) is 15.6. The van der Waals surface area contributed by atoms with Crippen LogP contribution >= 0.6 is 15.9 Å². The highest BCUT2D eigenvalue weighted by atomic mass is 79.9. The van der Waals surface area contributed by atoms with Crippen LogP contribution in [0.4, 0.5) is 0 Å². The van der Waals surface area contributed by atoms with Gasteiger partial charge >= 0.3 is 0 Å². The van der Waals surface area contributed by atoms with Crippen LogP contribution in [0.25, 0.3) is 10.8 Å². The van der Waals surface area contributed by atoms with Crippen LogP contribution in [0, 0.1) is 0 Å². The zero-order chi connectivity index (χ0) is 13.9. The van der Waals surface area contributed by atoms with Gasteiger partial charge in [0.05, 0.1) is 4.47 Å². The summed E-state index contributed by atoms with van der Waals surface area (Å²) in [6.45, 7) is 0.822. The van der Waals surface area contributed by atoms with Gasteiger partial charge in [0.1, 0.15) is 12.4 Å². The number of aromatic amines is 1. The first kappa shape index (κ1) is 13.0. The van der Waals surface area contributed by atoms with Crippen LogP contribution in [0.2, 0.25) is 0 Å². The smallest absolute Gasteiger partial charge is 0.186 e. The van der Waals surface area contributed by atoms with Crippen molar-refractivity contribution in [2.45, 2.75) is 13.2 Å². The molecule has 0 bridgehead atoms. The Kier molecular flexibility index (Phi) is 3.62. The Labute approximate surface area is 123 Å². The molecule has 0 atom stereocenters. The predicted molar refractivity (Wildman–Crippen MR) is 78.0 cm³/mol. The fraction of sp³-hybridized carbons (Fsp3) is 0.154. The van der Waals surface area contributed by atoms with E-state index in [9.17, 15) is 0 Å². The predicted octanol–water partition coefficient (Wildman–Crippen LogP) is 2.15. The number of hydrogen-bond donors (Lipinski definition) is 2. The van der Waals surface area contributed by atoms with Gasteiger partial charge in [-0.1, -0.05) is 18.2 Å². The summed E-state index contributed by atoms with van der Waals surface area (Å²) < 4.78 is 6.61. The minimum atomic E-state index is 0.290. The molecule has 1 aromatic heterocycles. The van der Waals surface area contributed by atoms with Gasteiger partial charge in [-0.05, 0) is 54.8 Å². The van der Waals surface area contributed by atoms with Gasteiger partial charge in [-0.25, -0.2) is 5.10 Å². The normalized spacial score (nSPS) is 10.9. The van der Waals surface area contributed by atoms with E-state index in [0.717, 1.165) is 26.6 Å². The van der Waals surface area contributed by atoms with E-state index in [0.29, 0.717) is 12.4 Å². The Morgan fingerprint density at radius 1 is 1.25 bits per heavy atom. The number of benzene rings is 2. The number of nitrogens with two attached hydrogens (primary N) is 1. The fourth-order valence-corrected chi connectivity index (χ4v) is 2.55. The maximum Gasteiger partial charge on any atom is 0.186 e. The maximum atomic E-state index is 5.70. The van der Waals surface area contributed by atoms with Gasteiger partial charge in [-0.2, -0.15) is 0 Å². The third-order valence-electron chi connectivity index (χ3n) is 2.97. The molecule has 7 heteroatoms. The largest absolute Gasteiger partial charge is 0.484 e. The van der Waals surface area contributed by atoms with Gasteiger partial charge in [0, 0.05) is 6.54 Å². The van der Waals surface area contributed by atoms with E-state index in [2.05, 4.69) is 42.6 Å². The Morgan fingerprint density at radius 2 is 2.15 bits per heavy atom. The van der Waals surface area contributed by atoms with E-state index in [4.69, 9.17) is 10.5 Å². The standard InChI is InChI=1S/C13H12BrN5O/c14-13-10-3-1-8(6-15)5-9(10)2-4-11(13)20-7-12-16-18-19-17-12/h1-5H,6-7,15H2,(H,16,17,18,19). The lowest BCUT2D eigenvalue weighted by Gasteiger charge is -2.10. The molecule has 6 nitrogen and oxygen atoms in total. The molecule has 0 saturated heterocycles. The minimum Gasteiger partial charge on any atom is -0.484 e. The first-order chi connectivity index (χ1) is 9.78. The van der Waals surface area contributed by atoms with Crippen molar-refractivity contribution in [2.75, 3.05) is 0 Å². The number of halogens is 1. The number of ether oxygens (including phenoxy) is 1. The van der Waals surface area contributed by atoms with E-state index in [1.165, 1.54) is 0 Å². The molecule has 3 rings (SSSR count). The summed E-state index contributed by atoms with van der Waals surface area (Å²) >= 11 is 3.57. The summed E-state index contributed by atoms with van der Waals surface area (Å²) in [5.41, 5.74) is 6.75. The Bertz CT molecular complexity index is 729. The summed E-state index contributed by atoms with van der Waals surface area (Å²) in [7, 11) is 0. The van der Waals surface area contributed by atoms with Crippen molar-refractivity contribution in [3.8, 4) is 5.75 Å². The second-order valence-electron chi connectivity index (χ2n) is 4.27. The number of hydrogen-bond acceptors (Lipinski definition) is 5. The van der Waals surface area contributed by atoms with Crippen LogP contribution in [0.15, 0.2) is 34.8 Å². The van der Waals surface area contributed by atoms with Crippen molar-refractivity contribution in [2.24, 2.45) is 5.73 Å². The van der Waals surface area contributed by atoms with Crippen molar-refractivity contribution in [1.82, 2.24) is 20.6 Å². The lowest BCUT2D eigenvalue weighted by atomic mass is 10.1. The van der Waals surface area contributed by atoms with Gasteiger partial charge in [-0.3, -0.25) is 0 Å². The second-order valence-corrected chi connectivity index (χ2v) is 5.07. The highest BCUT2D eigenvalue weighted by molar-refractivity contribution is 9.10. The molecule has 3 aromatic rings. The quantitative estimate of drug-likeness (QED) is 0.763. The molecule has 102 valence electrons. The molecule has 20 heavy (non-hydrogen) atoms. The molecule has 0 fully saturated rings. The summed E-state index contributed by atoms with van der Waals surface area (Å²) in [5.74, 6) is 1.32. The van der Waals surface area contributed by atoms with E-state index in [-0.39, 0.29) is 6.61 Å². The minimum absolute atomic E-state index is 0.290. The first-order valence-corrected chi connectivity index (χ1v) is 6.84. The third-order valence-corrected chi connectivity index (χ3v) is 3.79. The lowest BCUT2D eigenvalue weighted by Crippen LogP contribution is -1.99. The van der Waals surface area contributed by atoms with Crippen molar-refractivity contribution in [3.63, 3.8) is 0 Å². The van der Waals surface area contributed by atoms with E-state index in [1.54, 1.807) is 0 Å². The molecule has 0 aliphatic heterocycles. The number of tetrazole rings is 1. The molecule has 0 saturated carbocycles. The molecule has 2 aromatic carbocycles. The van der Waals surface area contributed by atoms with E-state index < -0.39 is 0 Å². The number of aromatic nitrogens is 4. The van der Waals surface area contributed by atoms with Gasteiger partial charge in [0.15, 0.2) is 5.82 Å². The van der Waals surface area contributed by atoms with Crippen LogP contribution in [0.3, 0.4) is 0 Å². The fourth-order valence-electron chi connectivity index (χ4n) is 1.95. The number of fused-ring (bicyclic) bond motifs is 1. The van der Waals surface area contributed by atoms with Crippen molar-refractivity contribution < 1.29 is 4.74 Å².